The molecule has 0 saturated carbocycles. The van der Waals surface area contributed by atoms with Crippen molar-refractivity contribution in [2.24, 2.45) is 0 Å². The summed E-state index contributed by atoms with van der Waals surface area (Å²) in [6.45, 7) is 1.68. The van der Waals surface area contributed by atoms with Crippen LogP contribution >= 0.6 is 11.6 Å². The second-order valence-corrected chi connectivity index (χ2v) is 5.90. The van der Waals surface area contributed by atoms with E-state index in [2.05, 4.69) is 5.10 Å². The van der Waals surface area contributed by atoms with Crippen LogP contribution in [-0.4, -0.2) is 20.2 Å². The Hall–Kier alpha value is -1.73. The average Bonchev–Trinajstić information content (AvgIpc) is 2.37. The molecule has 0 saturated heterocycles. The fourth-order valence-corrected chi connectivity index (χ4v) is 2.40. The highest BCUT2D eigenvalue weighted by atomic mass is 35.5. The van der Waals surface area contributed by atoms with Crippen molar-refractivity contribution >= 4 is 28.1 Å². The van der Waals surface area contributed by atoms with Crippen LogP contribution in [0.5, 0.6) is 0 Å². The van der Waals surface area contributed by atoms with Crippen molar-refractivity contribution in [1.82, 2.24) is 9.78 Å². The summed E-state index contributed by atoms with van der Waals surface area (Å²) in [6, 6.07) is 2.50. The Morgan fingerprint density at radius 3 is 2.70 bits per heavy atom. The summed E-state index contributed by atoms with van der Waals surface area (Å²) in [6.07, 6.45) is 2.57. The summed E-state index contributed by atoms with van der Waals surface area (Å²) in [4.78, 5) is 12.2. The number of nitrogen functional groups attached to an aromatic ring is 1. The van der Waals surface area contributed by atoms with Gasteiger partial charge in [-0.05, 0) is 24.6 Å². The summed E-state index contributed by atoms with van der Waals surface area (Å²) >= 11 is 5.80. The Kier molecular flexibility index (Phi) is 3.92. The summed E-state index contributed by atoms with van der Waals surface area (Å²) in [5.41, 5.74) is 5.22. The number of anilines is 1. The molecule has 1 aromatic carbocycles. The number of nitrogens with two attached hydrogens (primary N) is 1. The molecule has 5 nitrogen and oxygen atoms in total. The molecule has 0 radical (unpaired) electrons. The van der Waals surface area contributed by atoms with Gasteiger partial charge in [-0.25, -0.2) is 4.39 Å². The molecule has 1 aromatic heterocycles. The minimum absolute atomic E-state index is 0.0583. The minimum atomic E-state index is -1.44. The van der Waals surface area contributed by atoms with Gasteiger partial charge in [0.25, 0.3) is 5.56 Å². The first-order chi connectivity index (χ1) is 9.32. The second kappa shape index (κ2) is 5.34. The third-order valence-electron chi connectivity index (χ3n) is 2.74. The number of rotatable bonds is 2. The lowest BCUT2D eigenvalue weighted by Crippen LogP contribution is -2.26. The fraction of sp³-hybridized carbons (Fsp3) is 0.167. The van der Waals surface area contributed by atoms with E-state index in [0.29, 0.717) is 5.56 Å². The van der Waals surface area contributed by atoms with Gasteiger partial charge in [-0.1, -0.05) is 11.6 Å². The van der Waals surface area contributed by atoms with Crippen LogP contribution in [0.3, 0.4) is 0 Å². The Labute approximate surface area is 121 Å². The third kappa shape index (κ3) is 2.46. The molecule has 8 heteroatoms. The first-order valence-corrected chi connectivity index (χ1v) is 7.43. The molecular weight excluding hydrogens is 305 g/mol. The van der Waals surface area contributed by atoms with Crippen molar-refractivity contribution in [3.05, 3.63) is 45.1 Å². The molecule has 106 valence electrons. The van der Waals surface area contributed by atoms with Gasteiger partial charge >= 0.3 is 0 Å². The van der Waals surface area contributed by atoms with E-state index in [0.717, 1.165) is 10.7 Å². The molecule has 0 bridgehead atoms. The molecule has 2 rings (SSSR count). The molecule has 0 amide bonds. The van der Waals surface area contributed by atoms with Gasteiger partial charge in [-0.2, -0.15) is 9.78 Å². The van der Waals surface area contributed by atoms with E-state index >= 15 is 0 Å². The number of hydrogen-bond acceptors (Lipinski definition) is 4. The minimum Gasteiger partial charge on any atom is -0.393 e. The Morgan fingerprint density at radius 2 is 2.10 bits per heavy atom. The summed E-state index contributed by atoms with van der Waals surface area (Å²) in [7, 11) is -1.44. The Bertz CT molecular complexity index is 776. The molecule has 2 aromatic rings. The lowest BCUT2D eigenvalue weighted by Gasteiger charge is -2.10. The number of hydrogen-bond donors (Lipinski definition) is 1. The zero-order valence-corrected chi connectivity index (χ0v) is 12.3. The molecule has 0 aliphatic rings. The molecular formula is C12H11ClFN3O2S. The SMILES string of the molecule is Cc1cc(-n2ncc(S(C)=O)c(N)c2=O)c(F)cc1Cl. The quantitative estimate of drug-likeness (QED) is 0.914. The Morgan fingerprint density at radius 1 is 1.45 bits per heavy atom. The molecule has 0 aliphatic heterocycles. The van der Waals surface area contributed by atoms with Gasteiger partial charge in [-0.3, -0.25) is 9.00 Å². The summed E-state index contributed by atoms with van der Waals surface area (Å²) < 4.78 is 26.1. The van der Waals surface area contributed by atoms with E-state index in [9.17, 15) is 13.4 Å². The average molecular weight is 316 g/mol. The molecule has 1 unspecified atom stereocenters. The standard InChI is InChI=1S/C12H11ClFN3O2S/c1-6-3-9(8(14)4-7(6)13)17-12(18)11(15)10(5-16-17)20(2)19/h3-5H,15H2,1-2H3. The van der Waals surface area contributed by atoms with Crippen LogP contribution in [0, 0.1) is 12.7 Å². The van der Waals surface area contributed by atoms with Crippen LogP contribution in [0.4, 0.5) is 10.1 Å². The molecule has 0 spiro atoms. The van der Waals surface area contributed by atoms with E-state index < -0.39 is 22.2 Å². The van der Waals surface area contributed by atoms with Gasteiger partial charge in [0.1, 0.15) is 11.4 Å². The van der Waals surface area contributed by atoms with E-state index in [1.54, 1.807) is 6.92 Å². The van der Waals surface area contributed by atoms with Crippen molar-refractivity contribution in [3.8, 4) is 5.69 Å². The highest BCUT2D eigenvalue weighted by Gasteiger charge is 2.15. The van der Waals surface area contributed by atoms with Crippen LogP contribution in [0.25, 0.3) is 5.69 Å². The van der Waals surface area contributed by atoms with E-state index in [1.807, 2.05) is 0 Å². The predicted octanol–water partition coefficient (Wildman–Crippen LogP) is 1.65. The fourth-order valence-electron chi connectivity index (χ4n) is 1.66. The van der Waals surface area contributed by atoms with Crippen molar-refractivity contribution < 1.29 is 8.60 Å². The monoisotopic (exact) mass is 315 g/mol. The maximum absolute atomic E-state index is 13.9. The number of aryl methyl sites for hydroxylation is 1. The lowest BCUT2D eigenvalue weighted by molar-refractivity contribution is 0.604. The second-order valence-electron chi connectivity index (χ2n) is 4.15. The van der Waals surface area contributed by atoms with E-state index in [-0.39, 0.29) is 21.3 Å². The first kappa shape index (κ1) is 14.7. The molecule has 0 aliphatic carbocycles. The number of benzene rings is 1. The topological polar surface area (TPSA) is 78.0 Å². The van der Waals surface area contributed by atoms with Crippen LogP contribution in [0.2, 0.25) is 5.02 Å². The Balaban J connectivity index is 2.72. The van der Waals surface area contributed by atoms with E-state index in [4.69, 9.17) is 17.3 Å². The molecule has 1 atom stereocenters. The summed E-state index contributed by atoms with van der Waals surface area (Å²) in [5, 5.41) is 4.06. The molecule has 1 heterocycles. The third-order valence-corrected chi connectivity index (χ3v) is 4.10. The number of aromatic nitrogens is 2. The van der Waals surface area contributed by atoms with Crippen LogP contribution in [0.1, 0.15) is 5.56 Å². The zero-order valence-electron chi connectivity index (χ0n) is 10.7. The van der Waals surface area contributed by atoms with Crippen molar-refractivity contribution in [2.75, 3.05) is 12.0 Å². The van der Waals surface area contributed by atoms with Gasteiger partial charge in [0.2, 0.25) is 0 Å². The predicted molar refractivity (Wildman–Crippen MR) is 76.3 cm³/mol. The van der Waals surface area contributed by atoms with Crippen molar-refractivity contribution in [1.29, 1.82) is 0 Å². The highest BCUT2D eigenvalue weighted by Crippen LogP contribution is 2.22. The number of nitrogens with zero attached hydrogens (tertiary/aromatic N) is 2. The number of halogens is 2. The zero-order chi connectivity index (χ0) is 15.0. The highest BCUT2D eigenvalue weighted by molar-refractivity contribution is 7.84. The van der Waals surface area contributed by atoms with Crippen molar-refractivity contribution in [2.45, 2.75) is 11.8 Å². The molecule has 20 heavy (non-hydrogen) atoms. The normalized spacial score (nSPS) is 12.4. The van der Waals surface area contributed by atoms with Crippen LogP contribution in [0.15, 0.2) is 28.0 Å². The lowest BCUT2D eigenvalue weighted by atomic mass is 10.2. The maximum atomic E-state index is 13.9. The van der Waals surface area contributed by atoms with Gasteiger partial charge in [0.15, 0.2) is 5.82 Å². The van der Waals surface area contributed by atoms with Crippen molar-refractivity contribution in [3.63, 3.8) is 0 Å². The van der Waals surface area contributed by atoms with Gasteiger partial charge in [0.05, 0.1) is 21.9 Å². The van der Waals surface area contributed by atoms with Gasteiger partial charge in [0, 0.05) is 11.3 Å². The van der Waals surface area contributed by atoms with Gasteiger partial charge in [-0.15, -0.1) is 0 Å². The maximum Gasteiger partial charge on any atom is 0.295 e. The van der Waals surface area contributed by atoms with Gasteiger partial charge < -0.3 is 5.73 Å². The molecule has 2 N–H and O–H groups in total. The molecule has 0 fully saturated rings. The van der Waals surface area contributed by atoms with Crippen LogP contribution < -0.4 is 11.3 Å². The largest absolute Gasteiger partial charge is 0.393 e. The summed E-state index contributed by atoms with van der Waals surface area (Å²) in [5.74, 6) is -0.694. The van der Waals surface area contributed by atoms with Crippen LogP contribution in [-0.2, 0) is 10.8 Å². The van der Waals surface area contributed by atoms with E-state index in [1.165, 1.54) is 18.5 Å². The first-order valence-electron chi connectivity index (χ1n) is 5.50. The smallest absolute Gasteiger partial charge is 0.295 e.